The Morgan fingerprint density at radius 3 is 2.42 bits per heavy atom. The van der Waals surface area contributed by atoms with Gasteiger partial charge in [-0.05, 0) is 36.2 Å². The van der Waals surface area contributed by atoms with Gasteiger partial charge < -0.3 is 20.4 Å². The molecule has 1 saturated heterocycles. The van der Waals surface area contributed by atoms with Crippen molar-refractivity contribution in [1.29, 1.82) is 0 Å². The Morgan fingerprint density at radius 2 is 1.77 bits per heavy atom. The van der Waals surface area contributed by atoms with E-state index in [1.165, 1.54) is 12.1 Å². The zero-order valence-corrected chi connectivity index (χ0v) is 14.3. The molecule has 1 fully saturated rings. The van der Waals surface area contributed by atoms with Crippen LogP contribution in [0.3, 0.4) is 0 Å². The molecule has 3 rings (SSSR count). The molecule has 6 nitrogen and oxygen atoms in total. The first-order valence-corrected chi connectivity index (χ1v) is 8.62. The van der Waals surface area contributed by atoms with Crippen molar-refractivity contribution in [3.05, 3.63) is 65.7 Å². The average Bonchev–Trinajstić information content (AvgIpc) is 2.65. The van der Waals surface area contributed by atoms with Crippen LogP contribution in [0.15, 0.2) is 54.6 Å². The Kier molecular flexibility index (Phi) is 5.53. The highest BCUT2D eigenvalue weighted by Gasteiger charge is 2.31. The molecular formula is C20H22N2O4. The van der Waals surface area contributed by atoms with Crippen LogP contribution in [-0.4, -0.2) is 52.2 Å². The molecule has 0 radical (unpaired) electrons. The molecule has 0 spiro atoms. The fourth-order valence-corrected chi connectivity index (χ4v) is 3.10. The summed E-state index contributed by atoms with van der Waals surface area (Å²) in [6.45, 7) is 0.673. The van der Waals surface area contributed by atoms with E-state index in [-0.39, 0.29) is 36.6 Å². The van der Waals surface area contributed by atoms with Crippen LogP contribution in [0.4, 0.5) is 0 Å². The summed E-state index contributed by atoms with van der Waals surface area (Å²) in [4.78, 5) is 26.2. The topological polar surface area (TPSA) is 89.9 Å². The molecule has 2 atom stereocenters. The zero-order valence-electron chi connectivity index (χ0n) is 14.3. The number of piperidine rings is 1. The number of aliphatic hydroxyl groups excluding tert-OH is 1. The molecule has 0 aromatic heterocycles. The molecule has 136 valence electrons. The van der Waals surface area contributed by atoms with Crippen LogP contribution in [0.2, 0.25) is 0 Å². The first-order valence-electron chi connectivity index (χ1n) is 8.62. The van der Waals surface area contributed by atoms with E-state index in [0.29, 0.717) is 18.5 Å². The number of likely N-dealkylation sites (tertiary alicyclic amines) is 1. The summed E-state index contributed by atoms with van der Waals surface area (Å²) in [6.07, 6.45) is -0.128. The van der Waals surface area contributed by atoms with E-state index in [4.69, 9.17) is 0 Å². The zero-order chi connectivity index (χ0) is 18.5. The molecule has 3 N–H and O–H groups in total. The van der Waals surface area contributed by atoms with E-state index in [2.05, 4.69) is 5.32 Å². The van der Waals surface area contributed by atoms with Gasteiger partial charge in [0.15, 0.2) is 0 Å². The van der Waals surface area contributed by atoms with Crippen molar-refractivity contribution in [3.8, 4) is 5.75 Å². The van der Waals surface area contributed by atoms with Gasteiger partial charge in [0.1, 0.15) is 5.75 Å². The van der Waals surface area contributed by atoms with Crippen LogP contribution >= 0.6 is 0 Å². The van der Waals surface area contributed by atoms with E-state index in [9.17, 15) is 19.8 Å². The molecule has 1 aliphatic heterocycles. The van der Waals surface area contributed by atoms with Gasteiger partial charge >= 0.3 is 0 Å². The smallest absolute Gasteiger partial charge is 0.253 e. The number of phenolic OH excluding ortho intramolecular Hbond substituents is 1. The number of carbonyl (C=O) groups excluding carboxylic acids is 2. The monoisotopic (exact) mass is 354 g/mol. The number of β-amino-alcohol motifs (C(OH)–C–C–N with tert-alkyl or cyclic N) is 1. The molecule has 0 unspecified atom stereocenters. The maximum Gasteiger partial charge on any atom is 0.253 e. The molecule has 0 aliphatic carbocycles. The molecule has 0 bridgehead atoms. The first kappa shape index (κ1) is 17.9. The maximum atomic E-state index is 12.4. The average molecular weight is 354 g/mol. The number of aliphatic hydroxyl groups is 1. The lowest BCUT2D eigenvalue weighted by atomic mass is 10.00. The third-order valence-electron chi connectivity index (χ3n) is 4.54. The highest BCUT2D eigenvalue weighted by Crippen LogP contribution is 2.15. The Bertz CT molecular complexity index is 761. The number of hydrogen-bond acceptors (Lipinski definition) is 4. The van der Waals surface area contributed by atoms with Gasteiger partial charge in [-0.3, -0.25) is 9.59 Å². The minimum atomic E-state index is -0.805. The summed E-state index contributed by atoms with van der Waals surface area (Å²) in [5.41, 5.74) is 1.38. The summed E-state index contributed by atoms with van der Waals surface area (Å²) in [5.74, 6) is -0.152. The Morgan fingerprint density at radius 1 is 1.08 bits per heavy atom. The number of hydrogen-bond donors (Lipinski definition) is 3. The molecular weight excluding hydrogens is 332 g/mol. The third kappa shape index (κ3) is 4.40. The highest BCUT2D eigenvalue weighted by atomic mass is 16.3. The Hall–Kier alpha value is -2.86. The van der Waals surface area contributed by atoms with Gasteiger partial charge in [-0.25, -0.2) is 0 Å². The van der Waals surface area contributed by atoms with Gasteiger partial charge in [0.05, 0.1) is 18.6 Å². The van der Waals surface area contributed by atoms with Gasteiger partial charge in [0.25, 0.3) is 5.91 Å². The van der Waals surface area contributed by atoms with Crippen molar-refractivity contribution in [1.82, 2.24) is 10.2 Å². The minimum absolute atomic E-state index is 0.112. The van der Waals surface area contributed by atoms with Gasteiger partial charge in [-0.2, -0.15) is 0 Å². The summed E-state index contributed by atoms with van der Waals surface area (Å²) in [6, 6.07) is 15.0. The minimum Gasteiger partial charge on any atom is -0.508 e. The van der Waals surface area contributed by atoms with Crippen molar-refractivity contribution in [3.63, 3.8) is 0 Å². The number of aromatic hydroxyl groups is 1. The summed E-state index contributed by atoms with van der Waals surface area (Å²) in [5, 5.41) is 22.5. The number of nitrogens with zero attached hydrogens (tertiary/aromatic N) is 1. The van der Waals surface area contributed by atoms with Crippen molar-refractivity contribution < 1.29 is 19.8 Å². The molecule has 26 heavy (non-hydrogen) atoms. The maximum absolute atomic E-state index is 12.4. The Labute approximate surface area is 152 Å². The normalized spacial score (nSPS) is 19.8. The summed E-state index contributed by atoms with van der Waals surface area (Å²) in [7, 11) is 0. The van der Waals surface area contributed by atoms with Crippen molar-refractivity contribution in [2.45, 2.75) is 25.0 Å². The summed E-state index contributed by atoms with van der Waals surface area (Å²) < 4.78 is 0. The van der Waals surface area contributed by atoms with Gasteiger partial charge in [-0.15, -0.1) is 0 Å². The van der Waals surface area contributed by atoms with Crippen LogP contribution in [0, 0.1) is 0 Å². The second-order valence-corrected chi connectivity index (χ2v) is 6.49. The fourth-order valence-electron chi connectivity index (χ4n) is 3.10. The lowest BCUT2D eigenvalue weighted by Gasteiger charge is -2.36. The van der Waals surface area contributed by atoms with Crippen LogP contribution < -0.4 is 5.32 Å². The molecule has 0 saturated carbocycles. The summed E-state index contributed by atoms with van der Waals surface area (Å²) >= 11 is 0. The quantitative estimate of drug-likeness (QED) is 0.773. The molecule has 6 heteroatoms. The van der Waals surface area contributed by atoms with Crippen LogP contribution in [0.5, 0.6) is 5.75 Å². The molecule has 2 aromatic carbocycles. The number of amides is 2. The van der Waals surface area contributed by atoms with Crippen molar-refractivity contribution >= 4 is 11.8 Å². The number of rotatable bonds is 4. The number of carbonyl (C=O) groups is 2. The largest absolute Gasteiger partial charge is 0.508 e. The number of benzene rings is 2. The second kappa shape index (κ2) is 8.01. The van der Waals surface area contributed by atoms with Crippen molar-refractivity contribution in [2.24, 2.45) is 0 Å². The number of nitrogens with one attached hydrogen (secondary N) is 1. The fraction of sp³-hybridized carbons (Fsp3) is 0.300. The highest BCUT2D eigenvalue weighted by molar-refractivity contribution is 5.94. The van der Waals surface area contributed by atoms with E-state index < -0.39 is 6.10 Å². The van der Waals surface area contributed by atoms with Gasteiger partial charge in [0, 0.05) is 18.7 Å². The van der Waals surface area contributed by atoms with Crippen LogP contribution in [-0.2, 0) is 11.2 Å². The lowest BCUT2D eigenvalue weighted by molar-refractivity contribution is -0.122. The van der Waals surface area contributed by atoms with E-state index in [0.717, 1.165) is 5.56 Å². The molecule has 2 aromatic rings. The van der Waals surface area contributed by atoms with E-state index in [1.54, 1.807) is 41.3 Å². The van der Waals surface area contributed by atoms with E-state index in [1.807, 2.05) is 6.07 Å². The van der Waals surface area contributed by atoms with Crippen molar-refractivity contribution in [2.75, 3.05) is 13.1 Å². The first-order chi connectivity index (χ1) is 12.5. The third-order valence-corrected chi connectivity index (χ3v) is 4.54. The standard InChI is InChI=1S/C20H22N2O4/c23-16-8-6-14(7-9-16)12-19(25)21-17-10-11-22(13-18(17)24)20(26)15-4-2-1-3-5-15/h1-9,17-18,23-24H,10-13H2,(H,21,25)/t17-,18-/m1/s1. The van der Waals surface area contributed by atoms with Gasteiger partial charge in [-0.1, -0.05) is 30.3 Å². The van der Waals surface area contributed by atoms with Crippen LogP contribution in [0.25, 0.3) is 0 Å². The molecule has 2 amide bonds. The SMILES string of the molecule is O=C(Cc1ccc(O)cc1)N[C@@H]1CCN(C(=O)c2ccccc2)C[C@H]1O. The lowest BCUT2D eigenvalue weighted by Crippen LogP contribution is -2.55. The number of phenols is 1. The Balaban J connectivity index is 1.53. The molecule has 1 heterocycles. The van der Waals surface area contributed by atoms with Gasteiger partial charge in [0.2, 0.25) is 5.91 Å². The predicted molar refractivity (Wildman–Crippen MR) is 96.7 cm³/mol. The molecule has 1 aliphatic rings. The predicted octanol–water partition coefficient (Wildman–Crippen LogP) is 1.33. The van der Waals surface area contributed by atoms with Crippen LogP contribution in [0.1, 0.15) is 22.3 Å². The second-order valence-electron chi connectivity index (χ2n) is 6.49. The van der Waals surface area contributed by atoms with E-state index >= 15 is 0 Å².